The maximum absolute atomic E-state index is 3.51. The maximum atomic E-state index is 3.51. The average molecular weight is 363 g/mol. The number of alkyl halides is 1. The van der Waals surface area contributed by atoms with Gasteiger partial charge in [-0.2, -0.15) is 0 Å². The van der Waals surface area contributed by atoms with Crippen LogP contribution in [0.1, 0.15) is 42.9 Å². The third-order valence-corrected chi connectivity index (χ3v) is 5.44. The Morgan fingerprint density at radius 2 is 1.38 bits per heavy atom. The van der Waals surface area contributed by atoms with Gasteiger partial charge in [0.2, 0.25) is 0 Å². The zero-order valence-corrected chi connectivity index (χ0v) is 14.8. The number of halogens is 1. The molecule has 0 saturated heterocycles. The second-order valence-electron chi connectivity index (χ2n) is 5.22. The van der Waals surface area contributed by atoms with Crippen LogP contribution in [0.5, 0.6) is 0 Å². The molecule has 2 heteroatoms. The van der Waals surface area contributed by atoms with Crippen LogP contribution in [0, 0.1) is 0 Å². The van der Waals surface area contributed by atoms with Crippen LogP contribution in [-0.4, -0.2) is 5.33 Å². The third kappa shape index (κ3) is 6.27. The molecule has 0 N–H and O–H groups in total. The maximum Gasteiger partial charge on any atom is 0.0344 e. The summed E-state index contributed by atoms with van der Waals surface area (Å²) in [5.74, 6) is 0. The van der Waals surface area contributed by atoms with Gasteiger partial charge in [0, 0.05) is 15.5 Å². The fourth-order valence-electron chi connectivity index (χ4n) is 2.40. The van der Waals surface area contributed by atoms with E-state index < -0.39 is 0 Å². The second kappa shape index (κ2) is 10.1. The molecular formula is C19H23BrS. The fourth-order valence-corrected chi connectivity index (χ4v) is 4.02. The van der Waals surface area contributed by atoms with Crippen molar-refractivity contribution in [3.05, 3.63) is 66.2 Å². The lowest BCUT2D eigenvalue weighted by atomic mass is 10.1. The molecule has 2 aromatic rings. The van der Waals surface area contributed by atoms with E-state index in [2.05, 4.69) is 76.6 Å². The Morgan fingerprint density at radius 3 is 2.05 bits per heavy atom. The van der Waals surface area contributed by atoms with Crippen molar-refractivity contribution in [2.75, 3.05) is 5.33 Å². The molecule has 0 amide bonds. The summed E-state index contributed by atoms with van der Waals surface area (Å²) in [6.07, 6.45) is 6.53. The van der Waals surface area contributed by atoms with Crippen molar-refractivity contribution >= 4 is 27.7 Å². The summed E-state index contributed by atoms with van der Waals surface area (Å²) in [6, 6.07) is 21.7. The molecule has 2 rings (SSSR count). The Morgan fingerprint density at radius 1 is 0.762 bits per heavy atom. The molecule has 0 spiro atoms. The molecule has 1 atom stereocenters. The molecule has 0 radical (unpaired) electrons. The summed E-state index contributed by atoms with van der Waals surface area (Å²) in [7, 11) is 0. The monoisotopic (exact) mass is 362 g/mol. The minimum absolute atomic E-state index is 0.567. The summed E-state index contributed by atoms with van der Waals surface area (Å²) in [5.41, 5.74) is 1.45. The predicted octanol–water partition coefficient (Wildman–Crippen LogP) is 6.87. The van der Waals surface area contributed by atoms with E-state index in [-0.39, 0.29) is 0 Å². The van der Waals surface area contributed by atoms with E-state index in [4.69, 9.17) is 0 Å². The molecule has 112 valence electrons. The number of rotatable bonds is 9. The van der Waals surface area contributed by atoms with Crippen molar-refractivity contribution in [1.82, 2.24) is 0 Å². The minimum atomic E-state index is 0.567. The van der Waals surface area contributed by atoms with Crippen molar-refractivity contribution in [1.29, 1.82) is 0 Å². The van der Waals surface area contributed by atoms with Crippen LogP contribution in [0.15, 0.2) is 65.6 Å². The van der Waals surface area contributed by atoms with Gasteiger partial charge < -0.3 is 0 Å². The molecular weight excluding hydrogens is 340 g/mol. The van der Waals surface area contributed by atoms with Crippen LogP contribution in [0.25, 0.3) is 0 Å². The molecule has 0 bridgehead atoms. The Hall–Kier alpha value is -0.730. The number of unbranched alkanes of at least 4 members (excludes halogenated alkanes) is 3. The molecule has 0 aliphatic heterocycles. The molecule has 0 aliphatic carbocycles. The van der Waals surface area contributed by atoms with Crippen molar-refractivity contribution < 1.29 is 0 Å². The van der Waals surface area contributed by atoms with Gasteiger partial charge in [-0.15, -0.1) is 11.8 Å². The predicted molar refractivity (Wildman–Crippen MR) is 98.4 cm³/mol. The zero-order chi connectivity index (χ0) is 14.8. The van der Waals surface area contributed by atoms with Crippen molar-refractivity contribution in [3.8, 4) is 0 Å². The van der Waals surface area contributed by atoms with Crippen molar-refractivity contribution in [2.24, 2.45) is 0 Å². The Balaban J connectivity index is 1.94. The van der Waals surface area contributed by atoms with Gasteiger partial charge in [-0.25, -0.2) is 0 Å². The average Bonchev–Trinajstić information content (AvgIpc) is 2.55. The topological polar surface area (TPSA) is 0 Å². The normalized spacial score (nSPS) is 12.2. The summed E-state index contributed by atoms with van der Waals surface area (Å²) >= 11 is 5.50. The van der Waals surface area contributed by atoms with Crippen LogP contribution < -0.4 is 0 Å². The Labute approximate surface area is 141 Å². The first-order chi connectivity index (χ1) is 10.4. The van der Waals surface area contributed by atoms with Crippen LogP contribution in [0.2, 0.25) is 0 Å². The van der Waals surface area contributed by atoms with E-state index in [0.29, 0.717) is 5.25 Å². The van der Waals surface area contributed by atoms with Gasteiger partial charge in [0.05, 0.1) is 0 Å². The molecule has 0 saturated carbocycles. The van der Waals surface area contributed by atoms with Crippen molar-refractivity contribution in [3.63, 3.8) is 0 Å². The minimum Gasteiger partial charge on any atom is -0.118 e. The largest absolute Gasteiger partial charge is 0.118 e. The number of benzene rings is 2. The summed E-state index contributed by atoms with van der Waals surface area (Å²) < 4.78 is 0. The molecule has 0 nitrogen and oxygen atoms in total. The lowest BCUT2D eigenvalue weighted by Gasteiger charge is -2.17. The first-order valence-corrected chi connectivity index (χ1v) is 9.73. The van der Waals surface area contributed by atoms with Crippen molar-refractivity contribution in [2.45, 2.75) is 42.2 Å². The molecule has 21 heavy (non-hydrogen) atoms. The van der Waals surface area contributed by atoms with Gasteiger partial charge in [-0.05, 0) is 30.5 Å². The van der Waals surface area contributed by atoms with Gasteiger partial charge in [0.15, 0.2) is 0 Å². The standard InChI is InChI=1S/C19H23BrS/c20-16-10-2-1-9-15-19(17-11-5-3-6-12-17)21-18-13-7-4-8-14-18/h3-8,11-14,19H,1-2,9-10,15-16H2/t19-/m1/s1. The number of thioether (sulfide) groups is 1. The van der Waals surface area contributed by atoms with E-state index in [1.54, 1.807) is 0 Å². The lowest BCUT2D eigenvalue weighted by Crippen LogP contribution is -1.95. The van der Waals surface area contributed by atoms with E-state index in [9.17, 15) is 0 Å². The van der Waals surface area contributed by atoms with E-state index in [1.165, 1.54) is 42.6 Å². The van der Waals surface area contributed by atoms with Gasteiger partial charge >= 0.3 is 0 Å². The van der Waals surface area contributed by atoms with Crippen LogP contribution in [-0.2, 0) is 0 Å². The van der Waals surface area contributed by atoms with E-state index in [1.807, 2.05) is 11.8 Å². The highest BCUT2D eigenvalue weighted by molar-refractivity contribution is 9.09. The Bertz CT molecular complexity index is 483. The Kier molecular flexibility index (Phi) is 7.98. The fraction of sp³-hybridized carbons (Fsp3) is 0.368. The smallest absolute Gasteiger partial charge is 0.0344 e. The number of hydrogen-bond donors (Lipinski definition) is 0. The molecule has 0 aliphatic rings. The molecule has 2 aromatic carbocycles. The SMILES string of the molecule is BrCCCCCC[C@@H](Sc1ccccc1)c1ccccc1. The molecule has 0 fully saturated rings. The zero-order valence-electron chi connectivity index (χ0n) is 12.4. The van der Waals surface area contributed by atoms with E-state index in [0.717, 1.165) is 5.33 Å². The van der Waals surface area contributed by atoms with Crippen LogP contribution in [0.3, 0.4) is 0 Å². The first-order valence-electron chi connectivity index (χ1n) is 7.73. The van der Waals surface area contributed by atoms with Crippen LogP contribution in [0.4, 0.5) is 0 Å². The number of hydrogen-bond acceptors (Lipinski definition) is 1. The molecule has 0 aromatic heterocycles. The van der Waals surface area contributed by atoms with Gasteiger partial charge in [0.1, 0.15) is 0 Å². The first kappa shape index (κ1) is 16.6. The highest BCUT2D eigenvalue weighted by Crippen LogP contribution is 2.38. The quantitative estimate of drug-likeness (QED) is 0.266. The van der Waals surface area contributed by atoms with Gasteiger partial charge in [-0.1, -0.05) is 83.7 Å². The van der Waals surface area contributed by atoms with E-state index >= 15 is 0 Å². The highest BCUT2D eigenvalue weighted by Gasteiger charge is 2.12. The second-order valence-corrected chi connectivity index (χ2v) is 7.29. The summed E-state index contributed by atoms with van der Waals surface area (Å²) in [5, 5.41) is 1.70. The van der Waals surface area contributed by atoms with Crippen LogP contribution >= 0.6 is 27.7 Å². The molecule has 0 heterocycles. The lowest BCUT2D eigenvalue weighted by molar-refractivity contribution is 0.630. The van der Waals surface area contributed by atoms with Gasteiger partial charge in [-0.3, -0.25) is 0 Å². The highest BCUT2D eigenvalue weighted by atomic mass is 79.9. The third-order valence-electron chi connectivity index (χ3n) is 3.54. The summed E-state index contributed by atoms with van der Waals surface area (Å²) in [6.45, 7) is 0. The van der Waals surface area contributed by atoms with Gasteiger partial charge in [0.25, 0.3) is 0 Å². The summed E-state index contributed by atoms with van der Waals surface area (Å²) in [4.78, 5) is 1.37. The molecule has 0 unspecified atom stereocenters.